The van der Waals surface area contributed by atoms with E-state index in [2.05, 4.69) is 41.1 Å². The summed E-state index contributed by atoms with van der Waals surface area (Å²) < 4.78 is 5.22. The molecule has 5 nitrogen and oxygen atoms in total. The van der Waals surface area contributed by atoms with Crippen molar-refractivity contribution < 1.29 is 9.53 Å². The molecule has 1 saturated heterocycles. The van der Waals surface area contributed by atoms with Gasteiger partial charge in [0.25, 0.3) is 5.91 Å². The molecular weight excluding hydrogens is 382 g/mol. The molecule has 0 radical (unpaired) electrons. The van der Waals surface area contributed by atoms with Crippen LogP contribution in [0.5, 0.6) is 5.75 Å². The fraction of sp³-hybridized carbons (Fsp3) is 0.304. The van der Waals surface area contributed by atoms with E-state index in [1.165, 1.54) is 22.6 Å². The van der Waals surface area contributed by atoms with Crippen LogP contribution < -0.4 is 9.64 Å². The lowest BCUT2D eigenvalue weighted by Crippen LogP contribution is -2.48. The third-order valence-electron chi connectivity index (χ3n) is 5.26. The predicted molar refractivity (Wildman–Crippen MR) is 118 cm³/mol. The standard InChI is InChI=1S/C23H25N3O2S/c1-16-5-4-6-19(15-16)25-11-13-26(14-12-25)23(27)21-17(2)24-22(29-21)18-7-9-20(28-3)10-8-18/h4-10,15H,11-14H2,1-3H3. The van der Waals surface area contributed by atoms with Gasteiger partial charge in [0.05, 0.1) is 12.8 Å². The van der Waals surface area contributed by atoms with Crippen LogP contribution in [0, 0.1) is 13.8 Å². The quantitative estimate of drug-likeness (QED) is 0.643. The summed E-state index contributed by atoms with van der Waals surface area (Å²) in [5.41, 5.74) is 4.29. The van der Waals surface area contributed by atoms with Gasteiger partial charge >= 0.3 is 0 Å². The zero-order valence-corrected chi connectivity index (χ0v) is 17.8. The van der Waals surface area contributed by atoms with Crippen molar-refractivity contribution in [2.45, 2.75) is 13.8 Å². The van der Waals surface area contributed by atoms with E-state index in [1.54, 1.807) is 7.11 Å². The highest BCUT2D eigenvalue weighted by Crippen LogP contribution is 2.30. The lowest BCUT2D eigenvalue weighted by molar-refractivity contribution is 0.0750. The van der Waals surface area contributed by atoms with Crippen LogP contribution in [-0.4, -0.2) is 49.1 Å². The van der Waals surface area contributed by atoms with Gasteiger partial charge in [-0.3, -0.25) is 4.79 Å². The normalized spacial score (nSPS) is 14.2. The Hall–Kier alpha value is -2.86. The van der Waals surface area contributed by atoms with E-state index in [0.717, 1.165) is 53.1 Å². The molecule has 2 aromatic carbocycles. The maximum Gasteiger partial charge on any atom is 0.265 e. The highest BCUT2D eigenvalue weighted by Gasteiger charge is 2.25. The van der Waals surface area contributed by atoms with Crippen molar-refractivity contribution in [3.05, 3.63) is 64.7 Å². The van der Waals surface area contributed by atoms with Crippen LogP contribution in [0.2, 0.25) is 0 Å². The molecule has 6 heteroatoms. The molecule has 1 aliphatic heterocycles. The SMILES string of the molecule is COc1ccc(-c2nc(C)c(C(=O)N3CCN(c4cccc(C)c4)CC3)s2)cc1. The van der Waals surface area contributed by atoms with Crippen molar-refractivity contribution in [1.82, 2.24) is 9.88 Å². The van der Waals surface area contributed by atoms with E-state index in [0.29, 0.717) is 0 Å². The van der Waals surface area contributed by atoms with Crippen LogP contribution in [0.25, 0.3) is 10.6 Å². The smallest absolute Gasteiger partial charge is 0.265 e. The van der Waals surface area contributed by atoms with Gasteiger partial charge in [-0.2, -0.15) is 0 Å². The van der Waals surface area contributed by atoms with Crippen LogP contribution >= 0.6 is 11.3 Å². The summed E-state index contributed by atoms with van der Waals surface area (Å²) in [7, 11) is 1.65. The van der Waals surface area contributed by atoms with Gasteiger partial charge in [-0.1, -0.05) is 12.1 Å². The van der Waals surface area contributed by atoms with Crippen molar-refractivity contribution in [2.24, 2.45) is 0 Å². The van der Waals surface area contributed by atoms with Crippen LogP contribution in [-0.2, 0) is 0 Å². The van der Waals surface area contributed by atoms with Crippen molar-refractivity contribution >= 4 is 22.9 Å². The Morgan fingerprint density at radius 1 is 1.03 bits per heavy atom. The molecule has 29 heavy (non-hydrogen) atoms. The molecule has 0 unspecified atom stereocenters. The summed E-state index contributed by atoms with van der Waals surface area (Å²) in [6.07, 6.45) is 0. The maximum absolute atomic E-state index is 13.1. The maximum atomic E-state index is 13.1. The Bertz CT molecular complexity index is 1010. The number of carbonyl (C=O) groups is 1. The number of anilines is 1. The third kappa shape index (κ3) is 4.12. The van der Waals surface area contributed by atoms with Crippen LogP contribution in [0.3, 0.4) is 0 Å². The fourth-order valence-corrected chi connectivity index (χ4v) is 4.63. The number of nitrogens with zero attached hydrogens (tertiary/aromatic N) is 3. The Labute approximate surface area is 175 Å². The Morgan fingerprint density at radius 2 is 1.76 bits per heavy atom. The molecular formula is C23H25N3O2S. The second-order valence-corrected chi connectivity index (χ2v) is 8.28. The number of carbonyl (C=O) groups excluding carboxylic acids is 1. The van der Waals surface area contributed by atoms with Crippen molar-refractivity contribution in [2.75, 3.05) is 38.2 Å². The first-order valence-electron chi connectivity index (χ1n) is 9.78. The molecule has 1 fully saturated rings. The van der Waals surface area contributed by atoms with E-state index >= 15 is 0 Å². The monoisotopic (exact) mass is 407 g/mol. The summed E-state index contributed by atoms with van der Waals surface area (Å²) in [6, 6.07) is 16.3. The van der Waals surface area contributed by atoms with Gasteiger partial charge in [0.1, 0.15) is 15.6 Å². The predicted octanol–water partition coefficient (Wildman–Crippen LogP) is 4.40. The second kappa shape index (κ2) is 8.25. The highest BCUT2D eigenvalue weighted by atomic mass is 32.1. The summed E-state index contributed by atoms with van der Waals surface area (Å²) >= 11 is 1.47. The second-order valence-electron chi connectivity index (χ2n) is 7.28. The first-order chi connectivity index (χ1) is 14.0. The summed E-state index contributed by atoms with van der Waals surface area (Å²) in [5, 5.41) is 0.867. The van der Waals surface area contributed by atoms with Crippen molar-refractivity contribution in [3.63, 3.8) is 0 Å². The molecule has 1 aromatic heterocycles. The summed E-state index contributed by atoms with van der Waals surface area (Å²) in [4.78, 5) is 22.8. The number of hydrogen-bond donors (Lipinski definition) is 0. The van der Waals surface area contributed by atoms with Gasteiger partial charge < -0.3 is 14.5 Å². The van der Waals surface area contributed by atoms with Gasteiger partial charge in [-0.25, -0.2) is 4.98 Å². The average Bonchev–Trinajstić information content (AvgIpc) is 3.15. The fourth-order valence-electron chi connectivity index (χ4n) is 3.59. The minimum Gasteiger partial charge on any atom is -0.497 e. The van der Waals surface area contributed by atoms with Crippen molar-refractivity contribution in [1.29, 1.82) is 0 Å². The number of piperazine rings is 1. The van der Waals surface area contributed by atoms with Crippen LogP contribution in [0.1, 0.15) is 20.9 Å². The number of benzene rings is 2. The molecule has 0 spiro atoms. The lowest BCUT2D eigenvalue weighted by atomic mass is 10.2. The molecule has 3 aromatic rings. The van der Waals surface area contributed by atoms with E-state index in [1.807, 2.05) is 36.1 Å². The summed E-state index contributed by atoms with van der Waals surface area (Å²) in [5.74, 6) is 0.897. The number of hydrogen-bond acceptors (Lipinski definition) is 5. The number of methoxy groups -OCH3 is 1. The molecule has 1 amide bonds. The third-order valence-corrected chi connectivity index (χ3v) is 6.46. The summed E-state index contributed by atoms with van der Waals surface area (Å²) in [6.45, 7) is 7.16. The molecule has 0 aliphatic carbocycles. The van der Waals surface area contributed by atoms with Gasteiger partial charge in [0.2, 0.25) is 0 Å². The van der Waals surface area contributed by atoms with Gasteiger partial charge in [-0.05, 0) is 55.8 Å². The zero-order chi connectivity index (χ0) is 20.4. The molecule has 0 bridgehead atoms. The topological polar surface area (TPSA) is 45.7 Å². The Morgan fingerprint density at radius 3 is 2.41 bits per heavy atom. The number of amides is 1. The van der Waals surface area contributed by atoms with E-state index in [-0.39, 0.29) is 5.91 Å². The number of rotatable bonds is 4. The van der Waals surface area contributed by atoms with Crippen LogP contribution in [0.15, 0.2) is 48.5 Å². The molecule has 2 heterocycles. The first-order valence-corrected chi connectivity index (χ1v) is 10.6. The first kappa shape index (κ1) is 19.5. The Kier molecular flexibility index (Phi) is 5.53. The molecule has 150 valence electrons. The largest absolute Gasteiger partial charge is 0.497 e. The average molecular weight is 408 g/mol. The van der Waals surface area contributed by atoms with Crippen molar-refractivity contribution in [3.8, 4) is 16.3 Å². The van der Waals surface area contributed by atoms with E-state index < -0.39 is 0 Å². The molecule has 0 saturated carbocycles. The molecule has 0 N–H and O–H groups in total. The Balaban J connectivity index is 1.45. The molecule has 0 atom stereocenters. The number of aryl methyl sites for hydroxylation is 2. The van der Waals surface area contributed by atoms with Gasteiger partial charge in [-0.15, -0.1) is 11.3 Å². The molecule has 1 aliphatic rings. The minimum absolute atomic E-state index is 0.0867. The van der Waals surface area contributed by atoms with Gasteiger partial charge in [0, 0.05) is 37.4 Å². The van der Waals surface area contributed by atoms with Crippen LogP contribution in [0.4, 0.5) is 5.69 Å². The van der Waals surface area contributed by atoms with Gasteiger partial charge in [0.15, 0.2) is 0 Å². The minimum atomic E-state index is 0.0867. The number of aromatic nitrogens is 1. The molecule has 4 rings (SSSR count). The lowest BCUT2D eigenvalue weighted by Gasteiger charge is -2.36. The highest BCUT2D eigenvalue weighted by molar-refractivity contribution is 7.17. The zero-order valence-electron chi connectivity index (χ0n) is 17.0. The van der Waals surface area contributed by atoms with E-state index in [4.69, 9.17) is 4.74 Å². The van der Waals surface area contributed by atoms with E-state index in [9.17, 15) is 4.79 Å². The number of thiazole rings is 1. The number of ether oxygens (including phenoxy) is 1.